The minimum Gasteiger partial charge on any atom is -0.486 e. The van der Waals surface area contributed by atoms with Crippen LogP contribution in [-0.4, -0.2) is 43.9 Å². The number of hydrogen-bond acceptors (Lipinski definition) is 7. The fraction of sp³-hybridized carbons (Fsp3) is 0.333. The number of nitrogens with zero attached hydrogens (tertiary/aromatic N) is 2. The van der Waals surface area contributed by atoms with E-state index in [1.807, 2.05) is 0 Å². The van der Waals surface area contributed by atoms with Crippen LogP contribution in [0.5, 0.6) is 11.5 Å². The van der Waals surface area contributed by atoms with Crippen LogP contribution in [0.1, 0.15) is 13.8 Å². The molecule has 3 rings (SSSR count). The van der Waals surface area contributed by atoms with Gasteiger partial charge in [-0.3, -0.25) is 10.1 Å². The molecule has 150 valence electrons. The van der Waals surface area contributed by atoms with Crippen LogP contribution in [0.25, 0.3) is 0 Å². The van der Waals surface area contributed by atoms with Crippen molar-refractivity contribution < 1.29 is 22.8 Å². The summed E-state index contributed by atoms with van der Waals surface area (Å²) in [4.78, 5) is 10.8. The van der Waals surface area contributed by atoms with Crippen molar-refractivity contribution >= 4 is 27.1 Å². The lowest BCUT2D eigenvalue weighted by Crippen LogP contribution is -2.30. The first kappa shape index (κ1) is 19.9. The fourth-order valence-electron chi connectivity index (χ4n) is 2.92. The largest absolute Gasteiger partial charge is 0.486 e. The highest BCUT2D eigenvalue weighted by Gasteiger charge is 2.26. The molecule has 0 atom stereocenters. The van der Waals surface area contributed by atoms with Gasteiger partial charge in [0.05, 0.1) is 9.82 Å². The fourth-order valence-corrected chi connectivity index (χ4v) is 4.40. The van der Waals surface area contributed by atoms with Gasteiger partial charge in [0.15, 0.2) is 11.5 Å². The Bertz CT molecular complexity index is 989. The summed E-state index contributed by atoms with van der Waals surface area (Å²) < 4.78 is 37.5. The van der Waals surface area contributed by atoms with E-state index >= 15 is 0 Å². The molecule has 0 fully saturated rings. The zero-order valence-electron chi connectivity index (χ0n) is 15.5. The molecule has 0 spiro atoms. The third-order valence-electron chi connectivity index (χ3n) is 4.33. The molecule has 0 saturated carbocycles. The normalized spacial score (nSPS) is 13.4. The second kappa shape index (κ2) is 8.03. The minimum atomic E-state index is -3.79. The first-order valence-electron chi connectivity index (χ1n) is 8.82. The van der Waals surface area contributed by atoms with Gasteiger partial charge in [0.2, 0.25) is 10.0 Å². The zero-order valence-corrected chi connectivity index (χ0v) is 16.4. The quantitative estimate of drug-likeness (QED) is 0.554. The van der Waals surface area contributed by atoms with Gasteiger partial charge in [-0.25, -0.2) is 8.42 Å². The Morgan fingerprint density at radius 3 is 2.39 bits per heavy atom. The Hall–Kier alpha value is -2.85. The van der Waals surface area contributed by atoms with Gasteiger partial charge in [-0.15, -0.1) is 0 Å². The van der Waals surface area contributed by atoms with Gasteiger partial charge in [0.25, 0.3) is 5.69 Å². The van der Waals surface area contributed by atoms with Gasteiger partial charge >= 0.3 is 0 Å². The molecule has 0 bridgehead atoms. The van der Waals surface area contributed by atoms with Crippen molar-refractivity contribution in [3.05, 3.63) is 46.5 Å². The molecule has 2 aromatic carbocycles. The van der Waals surface area contributed by atoms with Gasteiger partial charge < -0.3 is 14.8 Å². The molecule has 2 aromatic rings. The summed E-state index contributed by atoms with van der Waals surface area (Å²) >= 11 is 0. The summed E-state index contributed by atoms with van der Waals surface area (Å²) in [5.41, 5.74) is 0.412. The molecule has 0 radical (unpaired) electrons. The summed E-state index contributed by atoms with van der Waals surface area (Å²) in [6.45, 7) is 4.89. The predicted octanol–water partition coefficient (Wildman–Crippen LogP) is 3.14. The summed E-state index contributed by atoms with van der Waals surface area (Å²) in [6, 6.07) is 8.93. The van der Waals surface area contributed by atoms with E-state index in [-0.39, 0.29) is 29.4 Å². The third-order valence-corrected chi connectivity index (χ3v) is 6.38. The van der Waals surface area contributed by atoms with Crippen LogP contribution in [0.4, 0.5) is 17.1 Å². The smallest absolute Gasteiger partial charge is 0.294 e. The number of benzene rings is 2. The number of nitro benzene ring substituents is 1. The maximum atomic E-state index is 12.7. The van der Waals surface area contributed by atoms with Crippen molar-refractivity contribution in [2.75, 3.05) is 31.6 Å². The van der Waals surface area contributed by atoms with E-state index in [0.717, 1.165) is 6.07 Å². The van der Waals surface area contributed by atoms with Crippen LogP contribution in [-0.2, 0) is 10.0 Å². The molecule has 10 heteroatoms. The summed E-state index contributed by atoms with van der Waals surface area (Å²) in [5.74, 6) is 1.14. The van der Waals surface area contributed by atoms with E-state index < -0.39 is 14.9 Å². The number of hydrogen-bond donors (Lipinski definition) is 1. The Balaban J connectivity index is 1.95. The molecule has 1 aliphatic rings. The highest BCUT2D eigenvalue weighted by Crippen LogP contribution is 2.36. The number of anilines is 2. The minimum absolute atomic E-state index is 0.115. The average molecular weight is 407 g/mol. The van der Waals surface area contributed by atoms with Crippen molar-refractivity contribution in [1.29, 1.82) is 0 Å². The van der Waals surface area contributed by atoms with E-state index in [1.165, 1.54) is 16.4 Å². The van der Waals surface area contributed by atoms with E-state index in [0.29, 0.717) is 30.4 Å². The molecular formula is C18H21N3O6S. The standard InChI is InChI=1S/C18H21N3O6S/c1-3-20(4-2)28(24,25)14-6-7-15(16(12-14)21(22)23)19-13-5-8-17-18(11-13)27-10-9-26-17/h5-8,11-12,19H,3-4,9-10H2,1-2H3. The molecule has 1 N–H and O–H groups in total. The van der Waals surface area contributed by atoms with Gasteiger partial charge in [-0.2, -0.15) is 4.31 Å². The average Bonchev–Trinajstić information content (AvgIpc) is 2.68. The van der Waals surface area contributed by atoms with Crippen molar-refractivity contribution in [2.24, 2.45) is 0 Å². The van der Waals surface area contributed by atoms with Gasteiger partial charge in [0.1, 0.15) is 18.9 Å². The Labute approximate surface area is 163 Å². The molecule has 0 saturated heterocycles. The third kappa shape index (κ3) is 3.87. The molecule has 28 heavy (non-hydrogen) atoms. The van der Waals surface area contributed by atoms with Crippen LogP contribution in [0.15, 0.2) is 41.3 Å². The number of nitrogens with one attached hydrogen (secondary N) is 1. The second-order valence-electron chi connectivity index (χ2n) is 6.01. The van der Waals surface area contributed by atoms with Crippen molar-refractivity contribution in [3.8, 4) is 11.5 Å². The number of rotatable bonds is 7. The molecule has 0 amide bonds. The van der Waals surface area contributed by atoms with Crippen molar-refractivity contribution in [2.45, 2.75) is 18.7 Å². The highest BCUT2D eigenvalue weighted by atomic mass is 32.2. The Morgan fingerprint density at radius 1 is 1.07 bits per heavy atom. The molecule has 0 aromatic heterocycles. The SMILES string of the molecule is CCN(CC)S(=O)(=O)c1ccc(Nc2ccc3c(c2)OCCO3)c([N+](=O)[O-])c1. The van der Waals surface area contributed by atoms with Crippen LogP contribution < -0.4 is 14.8 Å². The Morgan fingerprint density at radius 2 is 1.75 bits per heavy atom. The molecule has 0 aliphatic carbocycles. The first-order chi connectivity index (χ1) is 13.4. The van der Waals surface area contributed by atoms with Crippen LogP contribution >= 0.6 is 0 Å². The lowest BCUT2D eigenvalue weighted by Gasteiger charge is -2.20. The zero-order chi connectivity index (χ0) is 20.3. The molecule has 1 aliphatic heterocycles. The summed E-state index contributed by atoms with van der Waals surface area (Å²) in [7, 11) is -3.79. The first-order valence-corrected chi connectivity index (χ1v) is 10.3. The molecule has 9 nitrogen and oxygen atoms in total. The number of fused-ring (bicyclic) bond motifs is 1. The maximum Gasteiger partial charge on any atom is 0.294 e. The van der Waals surface area contributed by atoms with Crippen LogP contribution in [0.3, 0.4) is 0 Å². The highest BCUT2D eigenvalue weighted by molar-refractivity contribution is 7.89. The second-order valence-corrected chi connectivity index (χ2v) is 7.95. The van der Waals surface area contributed by atoms with Gasteiger partial charge in [0, 0.05) is 30.9 Å². The van der Waals surface area contributed by atoms with Crippen LogP contribution in [0.2, 0.25) is 0 Å². The van der Waals surface area contributed by atoms with E-state index in [2.05, 4.69) is 5.32 Å². The number of sulfonamides is 1. The van der Waals surface area contributed by atoms with Gasteiger partial charge in [-0.05, 0) is 24.3 Å². The van der Waals surface area contributed by atoms with Crippen LogP contribution in [0, 0.1) is 10.1 Å². The molecule has 0 unspecified atom stereocenters. The Kier molecular flexibility index (Phi) is 5.71. The van der Waals surface area contributed by atoms with Crippen molar-refractivity contribution in [1.82, 2.24) is 4.31 Å². The monoisotopic (exact) mass is 407 g/mol. The number of nitro groups is 1. The van der Waals surface area contributed by atoms with E-state index in [9.17, 15) is 18.5 Å². The topological polar surface area (TPSA) is 111 Å². The van der Waals surface area contributed by atoms with Crippen molar-refractivity contribution in [3.63, 3.8) is 0 Å². The number of ether oxygens (including phenoxy) is 2. The lowest BCUT2D eigenvalue weighted by atomic mass is 10.2. The maximum absolute atomic E-state index is 12.7. The molecule has 1 heterocycles. The van der Waals surface area contributed by atoms with E-state index in [1.54, 1.807) is 32.0 Å². The van der Waals surface area contributed by atoms with Gasteiger partial charge in [-0.1, -0.05) is 13.8 Å². The summed E-state index contributed by atoms with van der Waals surface area (Å²) in [5, 5.41) is 14.5. The summed E-state index contributed by atoms with van der Waals surface area (Å²) in [6.07, 6.45) is 0. The lowest BCUT2D eigenvalue weighted by molar-refractivity contribution is -0.384. The predicted molar refractivity (Wildman–Crippen MR) is 104 cm³/mol. The molecular weight excluding hydrogens is 386 g/mol. The van der Waals surface area contributed by atoms with E-state index in [4.69, 9.17) is 9.47 Å².